The number of rotatable bonds is 11. The van der Waals surface area contributed by atoms with Gasteiger partial charge in [-0.1, -0.05) is 110 Å². The molecule has 2 saturated carbocycles. The summed E-state index contributed by atoms with van der Waals surface area (Å²) < 4.78 is 0. The van der Waals surface area contributed by atoms with E-state index in [1.165, 1.54) is 24.8 Å². The molecule has 4 atom stereocenters. The van der Waals surface area contributed by atoms with Crippen molar-refractivity contribution in [3.05, 3.63) is 54.1 Å². The molecule has 3 aliphatic rings. The molecule has 1 aromatic rings. The van der Waals surface area contributed by atoms with Gasteiger partial charge in [0.15, 0.2) is 0 Å². The highest BCUT2D eigenvalue weighted by molar-refractivity contribution is 5.90. The Labute approximate surface area is 305 Å². The van der Waals surface area contributed by atoms with E-state index in [4.69, 9.17) is 10.8 Å². The molecule has 4 rings (SSSR count). The largest absolute Gasteiger partial charge is 0.481 e. The highest BCUT2D eigenvalue weighted by Gasteiger charge is 2.40. The molecule has 0 spiro atoms. The van der Waals surface area contributed by atoms with Crippen molar-refractivity contribution in [3.63, 3.8) is 0 Å². The van der Waals surface area contributed by atoms with Crippen LogP contribution in [-0.2, 0) is 25.6 Å². The van der Waals surface area contributed by atoms with Gasteiger partial charge in [-0.25, -0.2) is 4.99 Å². The van der Waals surface area contributed by atoms with Gasteiger partial charge in [-0.3, -0.25) is 9.59 Å². The molecule has 3 N–H and O–H groups in total. The topological polar surface area (TPSA) is 127 Å². The van der Waals surface area contributed by atoms with Crippen LogP contribution in [0.4, 0.5) is 5.69 Å². The van der Waals surface area contributed by atoms with Gasteiger partial charge >= 0.3 is 5.97 Å². The van der Waals surface area contributed by atoms with Crippen LogP contribution in [0.15, 0.2) is 53.6 Å². The lowest BCUT2D eigenvalue weighted by atomic mass is 9.79. The first-order valence-corrected chi connectivity index (χ1v) is 19.0. The van der Waals surface area contributed by atoms with Crippen LogP contribution in [0.1, 0.15) is 152 Å². The lowest BCUT2D eigenvalue weighted by Crippen LogP contribution is -2.18. The van der Waals surface area contributed by atoms with Crippen molar-refractivity contribution in [1.29, 1.82) is 0 Å². The minimum Gasteiger partial charge on any atom is -0.481 e. The Morgan fingerprint density at radius 3 is 2.10 bits per heavy atom. The number of aliphatic carboxylic acids is 1. The maximum atomic E-state index is 11.2. The predicted molar refractivity (Wildman–Crippen MR) is 212 cm³/mol. The number of carboxylic acids is 1. The number of nitrogens with two attached hydrogens (primary N) is 1. The lowest BCUT2D eigenvalue weighted by Gasteiger charge is -2.25. The number of allylic oxidation sites excluding steroid dienone is 4. The van der Waals surface area contributed by atoms with E-state index in [-0.39, 0.29) is 23.0 Å². The van der Waals surface area contributed by atoms with Crippen LogP contribution in [0.25, 0.3) is 0 Å². The highest BCUT2D eigenvalue weighted by atomic mass is 16.4. The zero-order valence-electron chi connectivity index (χ0n) is 33.3. The maximum absolute atomic E-state index is 11.2. The van der Waals surface area contributed by atoms with Gasteiger partial charge in [0.1, 0.15) is 23.7 Å². The Morgan fingerprint density at radius 1 is 1.00 bits per heavy atom. The van der Waals surface area contributed by atoms with Gasteiger partial charge in [0.25, 0.3) is 0 Å². The predicted octanol–water partition coefficient (Wildman–Crippen LogP) is 11.1. The molecule has 0 bridgehead atoms. The minimum absolute atomic E-state index is 0.0811. The molecule has 7 nitrogen and oxygen atoms in total. The molecule has 1 aromatic carbocycles. The zero-order chi connectivity index (χ0) is 38.5. The number of fused-ring (bicyclic) bond motifs is 1. The van der Waals surface area contributed by atoms with Gasteiger partial charge in [0.2, 0.25) is 0 Å². The average Bonchev–Trinajstić information content (AvgIpc) is 3.76. The van der Waals surface area contributed by atoms with Gasteiger partial charge in [-0.15, -0.1) is 0 Å². The van der Waals surface area contributed by atoms with E-state index in [1.807, 2.05) is 65.0 Å². The zero-order valence-corrected chi connectivity index (χ0v) is 33.3. The van der Waals surface area contributed by atoms with Crippen LogP contribution >= 0.6 is 0 Å². The molecule has 0 amide bonds. The number of benzene rings is 1. The SMILES string of the molecule is C/C=C\C.CC.CC(=O)CC(C)(C)C.CCC(=O)CC1CCC[C@@H](C=O)C1.CCCCC/C=C\[C@@H]1C[C@@H]1C(=O)O.NC1=Nc2ccccc2C1. The number of amidine groups is 1. The first kappa shape index (κ1) is 48.8. The number of hydrogen-bond acceptors (Lipinski definition) is 6. The number of para-hydroxylation sites is 1. The van der Waals surface area contributed by atoms with Gasteiger partial charge in [-0.05, 0) is 88.2 Å². The van der Waals surface area contributed by atoms with Crippen molar-refractivity contribution in [2.45, 2.75) is 153 Å². The molecule has 284 valence electrons. The number of aliphatic imine (C=N–C) groups is 1. The van der Waals surface area contributed by atoms with Crippen LogP contribution in [0, 0.1) is 29.1 Å². The Hall–Kier alpha value is -3.35. The van der Waals surface area contributed by atoms with E-state index in [2.05, 4.69) is 50.9 Å². The number of carbonyl (C=O) groups excluding carboxylic acids is 3. The van der Waals surface area contributed by atoms with Crippen LogP contribution in [0.3, 0.4) is 0 Å². The Kier molecular flexibility index (Phi) is 28.7. The van der Waals surface area contributed by atoms with Gasteiger partial charge < -0.3 is 20.4 Å². The molecular weight excluding hydrogens is 624 g/mol. The molecule has 7 heteroatoms. The maximum Gasteiger partial charge on any atom is 0.307 e. The van der Waals surface area contributed by atoms with Crippen LogP contribution < -0.4 is 5.73 Å². The van der Waals surface area contributed by atoms with Crippen LogP contribution in [0.2, 0.25) is 0 Å². The molecule has 2 aliphatic carbocycles. The van der Waals surface area contributed by atoms with E-state index in [0.717, 1.165) is 62.8 Å². The second-order valence-corrected chi connectivity index (χ2v) is 14.3. The lowest BCUT2D eigenvalue weighted by molar-refractivity contribution is -0.138. The van der Waals surface area contributed by atoms with Crippen LogP contribution in [-0.4, -0.2) is 34.8 Å². The number of Topliss-reactive ketones (excluding diaryl/α,β-unsaturated/α-hetero) is 2. The van der Waals surface area contributed by atoms with Gasteiger partial charge in [-0.2, -0.15) is 0 Å². The molecule has 1 unspecified atom stereocenters. The van der Waals surface area contributed by atoms with Crippen molar-refractivity contribution >= 4 is 35.3 Å². The van der Waals surface area contributed by atoms with Crippen molar-refractivity contribution in [1.82, 2.24) is 0 Å². The third-order valence-corrected chi connectivity index (χ3v) is 8.18. The van der Waals surface area contributed by atoms with Crippen molar-refractivity contribution in [2.75, 3.05) is 0 Å². The normalized spacial score (nSPS) is 19.9. The highest BCUT2D eigenvalue weighted by Crippen LogP contribution is 2.39. The summed E-state index contributed by atoms with van der Waals surface area (Å²) in [5, 5.41) is 8.63. The van der Waals surface area contributed by atoms with Crippen molar-refractivity contribution in [2.24, 2.45) is 39.8 Å². The first-order chi connectivity index (χ1) is 23.7. The molecule has 1 heterocycles. The number of carbonyl (C=O) groups is 4. The molecular formula is C43H72N2O5. The number of aldehydes is 1. The number of nitrogens with zero attached hydrogens (tertiary/aromatic N) is 1. The van der Waals surface area contributed by atoms with Gasteiger partial charge in [0.05, 0.1) is 11.6 Å². The fourth-order valence-corrected chi connectivity index (χ4v) is 5.51. The second kappa shape index (κ2) is 29.4. The molecule has 0 radical (unpaired) electrons. The van der Waals surface area contributed by atoms with Crippen LogP contribution in [0.5, 0.6) is 0 Å². The summed E-state index contributed by atoms with van der Waals surface area (Å²) in [7, 11) is 0. The summed E-state index contributed by atoms with van der Waals surface area (Å²) >= 11 is 0. The van der Waals surface area contributed by atoms with E-state index in [1.54, 1.807) is 6.92 Å². The number of carboxylic acid groups (broad SMARTS) is 1. The monoisotopic (exact) mass is 697 g/mol. The fraction of sp³-hybridized carbons (Fsp3) is 0.651. The molecule has 1 aliphatic heterocycles. The number of hydrogen-bond donors (Lipinski definition) is 2. The Balaban J connectivity index is 0. The second-order valence-electron chi connectivity index (χ2n) is 14.3. The quantitative estimate of drug-likeness (QED) is 0.135. The summed E-state index contributed by atoms with van der Waals surface area (Å²) in [5.74, 6) is 1.67. The number of unbranched alkanes of at least 4 members (excludes halogenated alkanes) is 3. The third kappa shape index (κ3) is 26.5. The smallest absolute Gasteiger partial charge is 0.307 e. The van der Waals surface area contributed by atoms with E-state index < -0.39 is 5.97 Å². The molecule has 50 heavy (non-hydrogen) atoms. The average molecular weight is 697 g/mol. The van der Waals surface area contributed by atoms with Crippen molar-refractivity contribution in [3.8, 4) is 0 Å². The summed E-state index contributed by atoms with van der Waals surface area (Å²) in [5.41, 5.74) is 7.97. The standard InChI is InChI=1S/2C11H18O2.C8H8N2.C7H14O.C4H8.C2H6/c1-2-11(13)7-9-4-3-5-10(6-9)8-12;1-2-3-4-5-6-7-9-8-10(9)11(12)13;9-8-5-6-3-1-2-4-7(6)10-8;1-6(8)5-7(2,3)4;1-3-4-2;1-2/h8-10H,2-7H2,1H3;6-7,9-10H,2-5,8H2,1H3,(H,12,13);1-4H,5H2,(H2,9,10);5H2,1-4H3;3-4H,1-2H3;1-2H3/b;7-6-;;;4-3-;/t9?,10-;9-,10+;;;;/m11..../s1. The van der Waals surface area contributed by atoms with E-state index in [9.17, 15) is 19.2 Å². The third-order valence-electron chi connectivity index (χ3n) is 8.18. The first-order valence-electron chi connectivity index (χ1n) is 19.0. The summed E-state index contributed by atoms with van der Waals surface area (Å²) in [6.45, 7) is 19.9. The van der Waals surface area contributed by atoms with Crippen molar-refractivity contribution < 1.29 is 24.3 Å². The molecule has 2 fully saturated rings. The molecule has 0 saturated heterocycles. The summed E-state index contributed by atoms with van der Waals surface area (Å²) in [6.07, 6.45) is 22.0. The number of ketones is 2. The molecule has 0 aromatic heterocycles. The van der Waals surface area contributed by atoms with E-state index >= 15 is 0 Å². The minimum atomic E-state index is -0.636. The fourth-order valence-electron chi connectivity index (χ4n) is 5.51. The Morgan fingerprint density at radius 2 is 1.64 bits per heavy atom. The van der Waals surface area contributed by atoms with Gasteiger partial charge in [0, 0.05) is 31.6 Å². The Bertz CT molecular complexity index is 1170. The summed E-state index contributed by atoms with van der Waals surface area (Å²) in [6, 6.07) is 8.02. The van der Waals surface area contributed by atoms with E-state index in [0.29, 0.717) is 36.9 Å². The summed E-state index contributed by atoms with van der Waals surface area (Å²) in [4.78, 5) is 46.8.